The molecule has 1 amide bonds. The van der Waals surface area contributed by atoms with Crippen molar-refractivity contribution in [3.05, 3.63) is 69.6 Å². The summed E-state index contributed by atoms with van der Waals surface area (Å²) in [6, 6.07) is 12.9. The van der Waals surface area contributed by atoms with E-state index in [-0.39, 0.29) is 11.6 Å². The predicted octanol–water partition coefficient (Wildman–Crippen LogP) is 4.90. The second kappa shape index (κ2) is 7.91. The van der Waals surface area contributed by atoms with Crippen LogP contribution in [0.3, 0.4) is 0 Å². The van der Waals surface area contributed by atoms with Crippen LogP contribution in [0.25, 0.3) is 11.3 Å². The average molecular weight is 420 g/mol. The fourth-order valence-electron chi connectivity index (χ4n) is 2.91. The molecule has 0 radical (unpaired) electrons. The maximum absolute atomic E-state index is 12.8. The fraction of sp³-hybridized carbons (Fsp3) is 0.150. The summed E-state index contributed by atoms with van der Waals surface area (Å²) in [5.74, 6) is -0.344. The van der Waals surface area contributed by atoms with Crippen LogP contribution in [0.2, 0.25) is 0 Å². The van der Waals surface area contributed by atoms with Crippen LogP contribution in [0, 0.1) is 17.0 Å². The number of anilines is 1. The van der Waals surface area contributed by atoms with Crippen LogP contribution >= 0.6 is 11.3 Å². The van der Waals surface area contributed by atoms with Crippen molar-refractivity contribution in [1.82, 2.24) is 4.98 Å². The van der Waals surface area contributed by atoms with E-state index in [4.69, 9.17) is 0 Å². The molecule has 0 aliphatic carbocycles. The number of aromatic nitrogens is 1. The van der Waals surface area contributed by atoms with Crippen LogP contribution in [0.1, 0.15) is 12.5 Å². The van der Waals surface area contributed by atoms with Crippen molar-refractivity contribution in [1.29, 1.82) is 0 Å². The first kappa shape index (κ1) is 19.5. The van der Waals surface area contributed by atoms with Gasteiger partial charge in [-0.2, -0.15) is 20.3 Å². The number of amides is 1. The first-order valence-electron chi connectivity index (χ1n) is 8.99. The lowest BCUT2D eigenvalue weighted by Gasteiger charge is -2.08. The van der Waals surface area contributed by atoms with Crippen LogP contribution in [0.15, 0.2) is 69.2 Å². The molecule has 10 heteroatoms. The minimum atomic E-state index is -0.810. The Balaban J connectivity index is 1.55. The Morgan fingerprint density at radius 1 is 1.17 bits per heavy atom. The molecule has 9 nitrogen and oxygen atoms in total. The lowest BCUT2D eigenvalue weighted by atomic mass is 10.1. The van der Waals surface area contributed by atoms with Gasteiger partial charge in [0.2, 0.25) is 5.13 Å². The summed E-state index contributed by atoms with van der Waals surface area (Å²) < 4.78 is 0. The van der Waals surface area contributed by atoms with E-state index in [2.05, 4.69) is 20.3 Å². The third kappa shape index (κ3) is 3.85. The molecular formula is C20H16N6O3S. The van der Waals surface area contributed by atoms with Crippen molar-refractivity contribution in [2.24, 2.45) is 15.3 Å². The highest BCUT2D eigenvalue weighted by Gasteiger charge is 2.36. The minimum Gasteiger partial charge on any atom is -0.269 e. The van der Waals surface area contributed by atoms with Gasteiger partial charge in [0.15, 0.2) is 6.04 Å². The number of carbonyl (C=O) groups excluding carboxylic acids is 1. The highest BCUT2D eigenvalue weighted by Crippen LogP contribution is 2.32. The van der Waals surface area contributed by atoms with Crippen LogP contribution in [-0.2, 0) is 4.79 Å². The van der Waals surface area contributed by atoms with Crippen molar-refractivity contribution in [3.8, 4) is 11.3 Å². The van der Waals surface area contributed by atoms with Gasteiger partial charge >= 0.3 is 0 Å². The summed E-state index contributed by atoms with van der Waals surface area (Å²) in [5.41, 5.74) is 3.33. The van der Waals surface area contributed by atoms with Crippen molar-refractivity contribution >= 4 is 39.5 Å². The molecule has 3 aromatic rings. The van der Waals surface area contributed by atoms with E-state index in [0.29, 0.717) is 27.8 Å². The second-order valence-corrected chi connectivity index (χ2v) is 7.51. The molecular weight excluding hydrogens is 404 g/mol. The number of hydrogen-bond donors (Lipinski definition) is 0. The Labute approximate surface area is 175 Å². The zero-order valence-electron chi connectivity index (χ0n) is 16.1. The zero-order chi connectivity index (χ0) is 21.3. The molecule has 0 N–H and O–H groups in total. The molecule has 1 aliphatic rings. The number of nitro groups is 1. The van der Waals surface area contributed by atoms with Gasteiger partial charge < -0.3 is 0 Å². The van der Waals surface area contributed by atoms with Crippen molar-refractivity contribution in [2.45, 2.75) is 19.9 Å². The molecule has 2 heterocycles. The topological polar surface area (TPSA) is 113 Å². The molecule has 0 spiro atoms. The van der Waals surface area contributed by atoms with Gasteiger partial charge in [0.25, 0.3) is 11.6 Å². The first-order valence-corrected chi connectivity index (χ1v) is 9.87. The molecule has 0 saturated carbocycles. The number of benzene rings is 2. The van der Waals surface area contributed by atoms with Gasteiger partial charge in [-0.1, -0.05) is 24.3 Å². The van der Waals surface area contributed by atoms with Crippen LogP contribution in [0.5, 0.6) is 0 Å². The molecule has 0 fully saturated rings. The number of nitrogens with zero attached hydrogens (tertiary/aromatic N) is 6. The third-order valence-electron chi connectivity index (χ3n) is 4.41. The Bertz CT molecular complexity index is 1200. The Kier molecular flexibility index (Phi) is 5.15. The summed E-state index contributed by atoms with van der Waals surface area (Å²) in [6.45, 7) is 3.67. The number of aryl methyl sites for hydroxylation is 1. The predicted molar refractivity (Wildman–Crippen MR) is 114 cm³/mol. The lowest BCUT2D eigenvalue weighted by molar-refractivity contribution is -0.384. The molecule has 1 atom stereocenters. The van der Waals surface area contributed by atoms with E-state index in [1.165, 1.54) is 28.5 Å². The Hall–Kier alpha value is -3.79. The van der Waals surface area contributed by atoms with Crippen molar-refractivity contribution < 1.29 is 9.72 Å². The Morgan fingerprint density at radius 2 is 1.97 bits per heavy atom. The summed E-state index contributed by atoms with van der Waals surface area (Å²) in [5, 5.41) is 26.9. The number of carbonyl (C=O) groups is 1. The standard InChI is InChI=1S/C20H16N6O3S/c1-12-5-3-7-15(9-12)22-23-18-13(2)24-25(19(18)27)20-21-17(11-30-20)14-6-4-8-16(10-14)26(28)29/h3-11,18H,1-2H3. The molecule has 150 valence electrons. The molecule has 1 unspecified atom stereocenters. The first-order chi connectivity index (χ1) is 14.4. The highest BCUT2D eigenvalue weighted by molar-refractivity contribution is 7.14. The van der Waals surface area contributed by atoms with Gasteiger partial charge in [0.1, 0.15) is 0 Å². The van der Waals surface area contributed by atoms with E-state index in [1.807, 2.05) is 31.2 Å². The third-order valence-corrected chi connectivity index (χ3v) is 5.23. The fourth-order valence-corrected chi connectivity index (χ4v) is 3.70. The van der Waals surface area contributed by atoms with E-state index >= 15 is 0 Å². The zero-order valence-corrected chi connectivity index (χ0v) is 16.9. The largest absolute Gasteiger partial charge is 0.282 e. The maximum atomic E-state index is 12.8. The van der Waals surface area contributed by atoms with Crippen molar-refractivity contribution in [2.75, 3.05) is 5.01 Å². The minimum absolute atomic E-state index is 0.0233. The van der Waals surface area contributed by atoms with Crippen LogP contribution in [0.4, 0.5) is 16.5 Å². The maximum Gasteiger partial charge on any atom is 0.282 e. The second-order valence-electron chi connectivity index (χ2n) is 6.67. The Morgan fingerprint density at radius 3 is 2.73 bits per heavy atom. The summed E-state index contributed by atoms with van der Waals surface area (Å²) in [6.07, 6.45) is 0. The number of azo groups is 1. The normalized spacial score (nSPS) is 16.3. The van der Waals surface area contributed by atoms with Crippen LogP contribution in [-0.4, -0.2) is 27.6 Å². The monoisotopic (exact) mass is 420 g/mol. The lowest BCUT2D eigenvalue weighted by Crippen LogP contribution is -2.29. The van der Waals surface area contributed by atoms with E-state index in [1.54, 1.807) is 24.4 Å². The quantitative estimate of drug-likeness (QED) is 0.332. The highest BCUT2D eigenvalue weighted by atomic mass is 32.1. The average Bonchev–Trinajstić information content (AvgIpc) is 3.32. The van der Waals surface area contributed by atoms with Gasteiger partial charge in [-0.3, -0.25) is 14.9 Å². The number of hydrazone groups is 1. The molecule has 30 heavy (non-hydrogen) atoms. The molecule has 0 saturated heterocycles. The molecule has 1 aromatic heterocycles. The summed E-state index contributed by atoms with van der Waals surface area (Å²) in [4.78, 5) is 27.8. The molecule has 0 bridgehead atoms. The molecule has 4 rings (SSSR count). The summed E-state index contributed by atoms with van der Waals surface area (Å²) in [7, 11) is 0. The van der Waals surface area contributed by atoms with Crippen molar-refractivity contribution in [3.63, 3.8) is 0 Å². The molecule has 2 aromatic carbocycles. The SMILES string of the molecule is CC1=NN(c2nc(-c3cccc([N+](=O)[O-])c3)cs2)C(=O)C1N=Nc1cccc(C)c1. The number of hydrogen-bond acceptors (Lipinski definition) is 8. The van der Waals surface area contributed by atoms with E-state index in [9.17, 15) is 14.9 Å². The summed E-state index contributed by atoms with van der Waals surface area (Å²) >= 11 is 1.22. The van der Waals surface area contributed by atoms with Gasteiger partial charge in [-0.15, -0.1) is 11.3 Å². The number of rotatable bonds is 5. The smallest absolute Gasteiger partial charge is 0.269 e. The number of non-ortho nitro benzene ring substituents is 1. The van der Waals surface area contributed by atoms with Gasteiger partial charge in [-0.05, 0) is 31.5 Å². The van der Waals surface area contributed by atoms with Gasteiger partial charge in [0, 0.05) is 23.1 Å². The van der Waals surface area contributed by atoms with Gasteiger partial charge in [0.05, 0.1) is 22.0 Å². The van der Waals surface area contributed by atoms with Crippen LogP contribution < -0.4 is 5.01 Å². The van der Waals surface area contributed by atoms with E-state index in [0.717, 1.165) is 5.56 Å². The molecule has 1 aliphatic heterocycles. The van der Waals surface area contributed by atoms with E-state index < -0.39 is 11.0 Å². The van der Waals surface area contributed by atoms with Gasteiger partial charge in [-0.25, -0.2) is 4.98 Å². The number of nitro benzene ring substituents is 1. The number of thiazole rings is 1.